The van der Waals surface area contributed by atoms with Crippen LogP contribution in [0.3, 0.4) is 0 Å². The van der Waals surface area contributed by atoms with Gasteiger partial charge in [-0.1, -0.05) is 13.3 Å². The summed E-state index contributed by atoms with van der Waals surface area (Å²) in [6, 6.07) is 0. The van der Waals surface area contributed by atoms with Gasteiger partial charge >= 0.3 is 5.97 Å². The van der Waals surface area contributed by atoms with Crippen molar-refractivity contribution in [2.75, 3.05) is 19.8 Å². The summed E-state index contributed by atoms with van der Waals surface area (Å²) in [5.74, 6) is -1.24. The Labute approximate surface area is 108 Å². The largest absolute Gasteiger partial charge is 0.481 e. The molecule has 104 valence electrons. The number of amides is 1. The highest BCUT2D eigenvalue weighted by atomic mass is 16.5. The predicted molar refractivity (Wildman–Crippen MR) is 67.2 cm³/mol. The Morgan fingerprint density at radius 3 is 2.61 bits per heavy atom. The van der Waals surface area contributed by atoms with Gasteiger partial charge in [-0.15, -0.1) is 0 Å². The molecule has 18 heavy (non-hydrogen) atoms. The lowest BCUT2D eigenvalue weighted by Gasteiger charge is -2.27. The van der Waals surface area contributed by atoms with Gasteiger partial charge in [-0.25, -0.2) is 0 Å². The Hall–Kier alpha value is -1.10. The SMILES string of the molecule is CCCCC(=O)NCC(C(=O)O)C1CCOCC1. The van der Waals surface area contributed by atoms with Gasteiger partial charge in [0, 0.05) is 26.2 Å². The topological polar surface area (TPSA) is 75.6 Å². The standard InChI is InChI=1S/C13H23NO4/c1-2-3-4-12(15)14-9-11(13(16)17)10-5-7-18-8-6-10/h10-11H,2-9H2,1H3,(H,14,15)(H,16,17). The smallest absolute Gasteiger partial charge is 0.308 e. The molecule has 0 aromatic heterocycles. The highest BCUT2D eigenvalue weighted by Gasteiger charge is 2.29. The van der Waals surface area contributed by atoms with Crippen LogP contribution in [-0.2, 0) is 14.3 Å². The molecule has 1 heterocycles. The van der Waals surface area contributed by atoms with E-state index in [-0.39, 0.29) is 18.4 Å². The van der Waals surface area contributed by atoms with Crippen LogP contribution >= 0.6 is 0 Å². The molecule has 0 spiro atoms. The Morgan fingerprint density at radius 1 is 1.39 bits per heavy atom. The highest BCUT2D eigenvalue weighted by Crippen LogP contribution is 2.23. The Kier molecular flexibility index (Phi) is 6.72. The van der Waals surface area contributed by atoms with Crippen LogP contribution in [0.25, 0.3) is 0 Å². The molecule has 1 unspecified atom stereocenters. The van der Waals surface area contributed by atoms with Gasteiger partial charge in [0.2, 0.25) is 5.91 Å². The third-order valence-corrected chi connectivity index (χ3v) is 3.43. The zero-order valence-electron chi connectivity index (χ0n) is 11.0. The van der Waals surface area contributed by atoms with E-state index in [2.05, 4.69) is 5.32 Å². The lowest BCUT2D eigenvalue weighted by molar-refractivity contribution is -0.144. The second-order valence-corrected chi connectivity index (χ2v) is 4.80. The van der Waals surface area contributed by atoms with E-state index in [9.17, 15) is 14.7 Å². The van der Waals surface area contributed by atoms with E-state index in [4.69, 9.17) is 4.74 Å². The highest BCUT2D eigenvalue weighted by molar-refractivity contribution is 5.77. The first-order valence-corrected chi connectivity index (χ1v) is 6.72. The van der Waals surface area contributed by atoms with Crippen molar-refractivity contribution < 1.29 is 19.4 Å². The molecule has 5 nitrogen and oxygen atoms in total. The average Bonchev–Trinajstić information content (AvgIpc) is 2.37. The van der Waals surface area contributed by atoms with Gasteiger partial charge < -0.3 is 15.2 Å². The first kappa shape index (κ1) is 15.0. The molecular formula is C13H23NO4. The molecule has 1 aliphatic rings. The van der Waals surface area contributed by atoms with E-state index in [0.717, 1.165) is 25.7 Å². The molecule has 0 radical (unpaired) electrons. The fourth-order valence-corrected chi connectivity index (χ4v) is 2.22. The molecule has 0 aromatic carbocycles. The lowest BCUT2D eigenvalue weighted by atomic mass is 9.86. The predicted octanol–water partition coefficient (Wildman–Crippen LogP) is 1.42. The quantitative estimate of drug-likeness (QED) is 0.723. The molecule has 5 heteroatoms. The van der Waals surface area contributed by atoms with Crippen molar-refractivity contribution in [1.82, 2.24) is 5.32 Å². The summed E-state index contributed by atoms with van der Waals surface area (Å²) in [5, 5.41) is 12.0. The van der Waals surface area contributed by atoms with Gasteiger partial charge in [0.1, 0.15) is 0 Å². The van der Waals surface area contributed by atoms with Gasteiger partial charge in [-0.05, 0) is 25.2 Å². The summed E-state index contributed by atoms with van der Waals surface area (Å²) in [4.78, 5) is 22.7. The molecule has 1 atom stereocenters. The zero-order valence-corrected chi connectivity index (χ0v) is 11.0. The van der Waals surface area contributed by atoms with Gasteiger partial charge in [0.15, 0.2) is 0 Å². The van der Waals surface area contributed by atoms with E-state index in [0.29, 0.717) is 19.6 Å². The summed E-state index contributed by atoms with van der Waals surface area (Å²) < 4.78 is 5.23. The number of aliphatic carboxylic acids is 1. The number of ether oxygens (including phenoxy) is 1. The fraction of sp³-hybridized carbons (Fsp3) is 0.846. The number of carbonyl (C=O) groups excluding carboxylic acids is 1. The minimum atomic E-state index is -0.822. The van der Waals surface area contributed by atoms with Gasteiger partial charge in [-0.2, -0.15) is 0 Å². The van der Waals surface area contributed by atoms with Crippen molar-refractivity contribution in [2.24, 2.45) is 11.8 Å². The van der Waals surface area contributed by atoms with Gasteiger partial charge in [0.05, 0.1) is 5.92 Å². The van der Waals surface area contributed by atoms with Crippen LogP contribution in [0.15, 0.2) is 0 Å². The molecule has 0 aromatic rings. The van der Waals surface area contributed by atoms with Gasteiger partial charge in [-0.3, -0.25) is 9.59 Å². The van der Waals surface area contributed by atoms with Crippen LogP contribution in [0.1, 0.15) is 39.0 Å². The Morgan fingerprint density at radius 2 is 2.06 bits per heavy atom. The number of hydrogen-bond acceptors (Lipinski definition) is 3. The van der Waals surface area contributed by atoms with Crippen molar-refractivity contribution in [1.29, 1.82) is 0 Å². The van der Waals surface area contributed by atoms with Crippen molar-refractivity contribution in [3.05, 3.63) is 0 Å². The summed E-state index contributed by atoms with van der Waals surface area (Å²) in [7, 11) is 0. The maximum atomic E-state index is 11.5. The van der Waals surface area contributed by atoms with E-state index in [1.807, 2.05) is 6.92 Å². The first-order chi connectivity index (χ1) is 8.65. The molecular weight excluding hydrogens is 234 g/mol. The zero-order chi connectivity index (χ0) is 13.4. The average molecular weight is 257 g/mol. The van der Waals surface area contributed by atoms with E-state index < -0.39 is 11.9 Å². The van der Waals surface area contributed by atoms with E-state index >= 15 is 0 Å². The first-order valence-electron chi connectivity index (χ1n) is 6.72. The Bertz CT molecular complexity index is 274. The summed E-state index contributed by atoms with van der Waals surface area (Å²) in [6.45, 7) is 3.51. The van der Waals surface area contributed by atoms with E-state index in [1.54, 1.807) is 0 Å². The van der Waals surface area contributed by atoms with Crippen molar-refractivity contribution >= 4 is 11.9 Å². The van der Waals surface area contributed by atoms with Crippen molar-refractivity contribution in [3.63, 3.8) is 0 Å². The lowest BCUT2D eigenvalue weighted by Crippen LogP contribution is -2.38. The van der Waals surface area contributed by atoms with Crippen molar-refractivity contribution in [2.45, 2.75) is 39.0 Å². The molecule has 1 aliphatic heterocycles. The number of rotatable bonds is 7. The molecule has 0 aliphatic carbocycles. The summed E-state index contributed by atoms with van der Waals surface area (Å²) in [6.07, 6.45) is 3.83. The fourth-order valence-electron chi connectivity index (χ4n) is 2.22. The van der Waals surface area contributed by atoms with Crippen LogP contribution in [0.5, 0.6) is 0 Å². The summed E-state index contributed by atoms with van der Waals surface area (Å²) in [5.41, 5.74) is 0. The van der Waals surface area contributed by atoms with Crippen molar-refractivity contribution in [3.8, 4) is 0 Å². The number of nitrogens with one attached hydrogen (secondary N) is 1. The monoisotopic (exact) mass is 257 g/mol. The number of unbranched alkanes of at least 4 members (excludes halogenated alkanes) is 1. The van der Waals surface area contributed by atoms with E-state index in [1.165, 1.54) is 0 Å². The van der Waals surface area contributed by atoms with Crippen LogP contribution < -0.4 is 5.32 Å². The van der Waals surface area contributed by atoms with Crippen LogP contribution in [0.2, 0.25) is 0 Å². The molecule has 1 amide bonds. The number of carboxylic acid groups (broad SMARTS) is 1. The minimum absolute atomic E-state index is 0.0461. The maximum Gasteiger partial charge on any atom is 0.308 e. The maximum absolute atomic E-state index is 11.5. The molecule has 0 saturated carbocycles. The third-order valence-electron chi connectivity index (χ3n) is 3.43. The summed E-state index contributed by atoms with van der Waals surface area (Å²) >= 11 is 0. The molecule has 2 N–H and O–H groups in total. The normalized spacial score (nSPS) is 18.3. The minimum Gasteiger partial charge on any atom is -0.481 e. The van der Waals surface area contributed by atoms with Crippen LogP contribution in [-0.4, -0.2) is 36.7 Å². The second-order valence-electron chi connectivity index (χ2n) is 4.80. The van der Waals surface area contributed by atoms with Crippen LogP contribution in [0, 0.1) is 11.8 Å². The van der Waals surface area contributed by atoms with Crippen LogP contribution in [0.4, 0.5) is 0 Å². The molecule has 1 saturated heterocycles. The molecule has 1 rings (SSSR count). The third kappa shape index (κ3) is 5.04. The number of carboxylic acids is 1. The number of hydrogen-bond donors (Lipinski definition) is 2. The second kappa shape index (κ2) is 8.08. The van der Waals surface area contributed by atoms with Gasteiger partial charge in [0.25, 0.3) is 0 Å². The molecule has 0 bridgehead atoms. The Balaban J connectivity index is 2.37. The molecule has 1 fully saturated rings. The number of carbonyl (C=O) groups is 2.